The summed E-state index contributed by atoms with van der Waals surface area (Å²) >= 11 is 0. The van der Waals surface area contributed by atoms with Crippen molar-refractivity contribution in [3.05, 3.63) is 58.9 Å². The van der Waals surface area contributed by atoms with Gasteiger partial charge in [-0.25, -0.2) is 9.36 Å². The molecule has 3 heterocycles. The van der Waals surface area contributed by atoms with Gasteiger partial charge in [0.1, 0.15) is 12.3 Å². The maximum Gasteiger partial charge on any atom is 0.267 e. The summed E-state index contributed by atoms with van der Waals surface area (Å²) in [6.45, 7) is 8.63. The quantitative estimate of drug-likeness (QED) is 0.597. The first-order valence-corrected chi connectivity index (χ1v) is 10.3. The Morgan fingerprint density at radius 1 is 1.07 bits per heavy atom. The third-order valence-electron chi connectivity index (χ3n) is 5.03. The average Bonchev–Trinajstić information content (AvgIpc) is 3.19. The largest absolute Gasteiger partial charge is 0.475 e. The van der Waals surface area contributed by atoms with Crippen molar-refractivity contribution in [1.82, 2.24) is 24.5 Å². The van der Waals surface area contributed by atoms with Crippen molar-refractivity contribution < 1.29 is 9.47 Å². The molecule has 2 aromatic heterocycles. The van der Waals surface area contributed by atoms with Crippen LogP contribution in [-0.2, 0) is 4.74 Å². The lowest BCUT2D eigenvalue weighted by molar-refractivity contribution is 0.0320. The second-order valence-electron chi connectivity index (χ2n) is 7.51. The fourth-order valence-corrected chi connectivity index (χ4v) is 3.41. The van der Waals surface area contributed by atoms with Gasteiger partial charge in [-0.3, -0.25) is 9.69 Å². The van der Waals surface area contributed by atoms with Crippen LogP contribution in [0.2, 0.25) is 0 Å². The topological polar surface area (TPSA) is 74.4 Å². The van der Waals surface area contributed by atoms with Crippen molar-refractivity contribution in [2.24, 2.45) is 0 Å². The normalized spacial score (nSPS) is 14.9. The Labute approximate surface area is 175 Å². The molecule has 0 aliphatic carbocycles. The van der Waals surface area contributed by atoms with Crippen LogP contribution in [0.3, 0.4) is 0 Å². The fraction of sp³-hybridized carbons (Fsp3) is 0.409. The van der Waals surface area contributed by atoms with Crippen molar-refractivity contribution in [3.63, 3.8) is 0 Å². The van der Waals surface area contributed by atoms with E-state index in [0.29, 0.717) is 18.2 Å². The van der Waals surface area contributed by atoms with Crippen LogP contribution in [0.25, 0.3) is 17.1 Å². The molecule has 8 heteroatoms. The number of hydrogen-bond donors (Lipinski definition) is 0. The predicted molar refractivity (Wildman–Crippen MR) is 114 cm³/mol. The Morgan fingerprint density at radius 3 is 2.57 bits per heavy atom. The minimum Gasteiger partial charge on any atom is -0.475 e. The van der Waals surface area contributed by atoms with Gasteiger partial charge in [0.25, 0.3) is 5.56 Å². The standard InChI is InChI=1S/C22H27N5O3/c1-17(2)26-22(28)9-8-19(23-26)20-16-21(24-27(20)18-6-4-3-5-7-18)30-15-12-25-10-13-29-14-11-25/h3-9,16-17H,10-15H2,1-2H3. The molecule has 0 N–H and O–H groups in total. The Hall–Kier alpha value is -2.97. The SMILES string of the molecule is CC(C)n1nc(-c2cc(OCCN3CCOCC3)nn2-c2ccccc2)ccc1=O. The average molecular weight is 409 g/mol. The lowest BCUT2D eigenvalue weighted by atomic mass is 10.2. The van der Waals surface area contributed by atoms with E-state index in [9.17, 15) is 4.79 Å². The molecule has 0 bridgehead atoms. The molecular weight excluding hydrogens is 382 g/mol. The smallest absolute Gasteiger partial charge is 0.267 e. The van der Waals surface area contributed by atoms with Gasteiger partial charge in [-0.15, -0.1) is 5.10 Å². The van der Waals surface area contributed by atoms with Crippen LogP contribution in [0.4, 0.5) is 0 Å². The van der Waals surface area contributed by atoms with Crippen LogP contribution in [0.5, 0.6) is 5.88 Å². The van der Waals surface area contributed by atoms with Gasteiger partial charge in [0.05, 0.1) is 30.6 Å². The van der Waals surface area contributed by atoms with E-state index in [1.165, 1.54) is 4.68 Å². The number of nitrogens with zero attached hydrogens (tertiary/aromatic N) is 5. The highest BCUT2D eigenvalue weighted by Crippen LogP contribution is 2.25. The first kappa shape index (κ1) is 20.3. The van der Waals surface area contributed by atoms with E-state index in [4.69, 9.17) is 9.47 Å². The van der Waals surface area contributed by atoms with E-state index in [1.54, 1.807) is 12.1 Å². The molecule has 158 valence electrons. The van der Waals surface area contributed by atoms with Gasteiger partial charge in [0, 0.05) is 31.8 Å². The number of aromatic nitrogens is 4. The molecule has 0 radical (unpaired) electrons. The molecular formula is C22H27N5O3. The Morgan fingerprint density at radius 2 is 1.83 bits per heavy atom. The summed E-state index contributed by atoms with van der Waals surface area (Å²) in [5.74, 6) is 0.534. The molecule has 1 aliphatic heterocycles. The van der Waals surface area contributed by atoms with Gasteiger partial charge < -0.3 is 9.47 Å². The maximum atomic E-state index is 12.1. The molecule has 0 saturated carbocycles. The summed E-state index contributed by atoms with van der Waals surface area (Å²) in [6, 6.07) is 15.0. The summed E-state index contributed by atoms with van der Waals surface area (Å²) < 4.78 is 14.6. The second kappa shape index (κ2) is 9.23. The molecule has 30 heavy (non-hydrogen) atoms. The predicted octanol–water partition coefficient (Wildman–Crippen LogP) is 2.39. The van der Waals surface area contributed by atoms with Gasteiger partial charge >= 0.3 is 0 Å². The van der Waals surface area contributed by atoms with Crippen molar-refractivity contribution in [3.8, 4) is 23.0 Å². The zero-order valence-electron chi connectivity index (χ0n) is 17.4. The minimum atomic E-state index is -0.124. The highest BCUT2D eigenvalue weighted by atomic mass is 16.5. The van der Waals surface area contributed by atoms with Crippen molar-refractivity contribution in [2.75, 3.05) is 39.5 Å². The maximum absolute atomic E-state index is 12.1. The third-order valence-corrected chi connectivity index (χ3v) is 5.03. The highest BCUT2D eigenvalue weighted by Gasteiger charge is 2.16. The zero-order valence-corrected chi connectivity index (χ0v) is 17.4. The van der Waals surface area contributed by atoms with Gasteiger partial charge in [0.15, 0.2) is 0 Å². The summed E-state index contributed by atoms with van der Waals surface area (Å²) in [6.07, 6.45) is 0. The van der Waals surface area contributed by atoms with Crippen LogP contribution < -0.4 is 10.3 Å². The molecule has 0 unspecified atom stereocenters. The lowest BCUT2D eigenvalue weighted by Gasteiger charge is -2.26. The number of hydrogen-bond acceptors (Lipinski definition) is 6. The van der Waals surface area contributed by atoms with E-state index in [2.05, 4.69) is 15.1 Å². The highest BCUT2D eigenvalue weighted by molar-refractivity contribution is 5.59. The Kier molecular flexibility index (Phi) is 6.25. The van der Waals surface area contributed by atoms with Crippen LogP contribution in [0.15, 0.2) is 53.3 Å². The minimum absolute atomic E-state index is 0.0326. The van der Waals surface area contributed by atoms with Crippen LogP contribution >= 0.6 is 0 Å². The molecule has 0 spiro atoms. The number of rotatable bonds is 7. The van der Waals surface area contributed by atoms with Crippen LogP contribution in [-0.4, -0.2) is 63.9 Å². The van der Waals surface area contributed by atoms with Gasteiger partial charge in [0.2, 0.25) is 5.88 Å². The Bertz CT molecular complexity index is 1020. The lowest BCUT2D eigenvalue weighted by Crippen LogP contribution is -2.38. The van der Waals surface area contributed by atoms with Gasteiger partial charge in [-0.2, -0.15) is 5.10 Å². The van der Waals surface area contributed by atoms with Crippen molar-refractivity contribution in [1.29, 1.82) is 0 Å². The molecule has 3 aromatic rings. The van der Waals surface area contributed by atoms with Gasteiger partial charge in [-0.1, -0.05) is 18.2 Å². The van der Waals surface area contributed by atoms with E-state index in [1.807, 2.05) is 54.9 Å². The number of ether oxygens (including phenoxy) is 2. The fourth-order valence-electron chi connectivity index (χ4n) is 3.41. The summed E-state index contributed by atoms with van der Waals surface area (Å²) in [5, 5.41) is 9.22. The molecule has 1 saturated heterocycles. The van der Waals surface area contributed by atoms with Crippen molar-refractivity contribution in [2.45, 2.75) is 19.9 Å². The van der Waals surface area contributed by atoms with Crippen LogP contribution in [0.1, 0.15) is 19.9 Å². The summed E-state index contributed by atoms with van der Waals surface area (Å²) in [5.41, 5.74) is 2.22. The van der Waals surface area contributed by atoms with E-state index in [-0.39, 0.29) is 11.6 Å². The molecule has 8 nitrogen and oxygen atoms in total. The summed E-state index contributed by atoms with van der Waals surface area (Å²) in [4.78, 5) is 14.5. The van der Waals surface area contributed by atoms with Crippen molar-refractivity contribution >= 4 is 0 Å². The molecule has 1 aliphatic rings. The molecule has 1 fully saturated rings. The number of benzene rings is 1. The van der Waals surface area contributed by atoms with Crippen LogP contribution in [0, 0.1) is 0 Å². The second-order valence-corrected chi connectivity index (χ2v) is 7.51. The first-order valence-electron chi connectivity index (χ1n) is 10.3. The van der Waals surface area contributed by atoms with E-state index in [0.717, 1.165) is 44.2 Å². The Balaban J connectivity index is 1.62. The summed E-state index contributed by atoms with van der Waals surface area (Å²) in [7, 11) is 0. The third kappa shape index (κ3) is 4.60. The number of morpholine rings is 1. The molecule has 0 atom stereocenters. The molecule has 1 aromatic carbocycles. The molecule has 4 rings (SSSR count). The first-order chi connectivity index (χ1) is 14.6. The van der Waals surface area contributed by atoms with Gasteiger partial charge in [-0.05, 0) is 32.0 Å². The monoisotopic (exact) mass is 409 g/mol. The van der Waals surface area contributed by atoms with E-state index < -0.39 is 0 Å². The zero-order chi connectivity index (χ0) is 20.9. The number of para-hydroxylation sites is 1. The molecule has 0 amide bonds. The van der Waals surface area contributed by atoms with E-state index >= 15 is 0 Å².